The van der Waals surface area contributed by atoms with Crippen LogP contribution in [0.25, 0.3) is 0 Å². The minimum atomic E-state index is -1.03. The van der Waals surface area contributed by atoms with E-state index in [0.29, 0.717) is 45.1 Å². The monoisotopic (exact) mass is 626 g/mol. The first-order chi connectivity index (χ1) is 21.9. The standard InChI is InChI=1S/C38H62N2O5/c1-3-5-7-9-11-12-13-14-15-16-18-20-26-32-37(42)45-34(28-23-19-17-10-8-6-4-2)29-24-21-22-25-31-36(41)40-35(38(43)44)30-27-33-39/h5,7,10-12,14-15,17-18,20,23,28,34-35H,3-4,6,8-9,13,16,19,21-22,24-27,29-33,39H2,1-2H3,(H,40,41)(H,43,44)/b7-5-,12-11-,15-14-,17-10-,20-18-,28-23-. The molecule has 0 fully saturated rings. The Bertz CT molecular complexity index is 932. The molecular formula is C38H62N2O5. The Morgan fingerprint density at radius 1 is 0.689 bits per heavy atom. The molecule has 2 atom stereocenters. The van der Waals surface area contributed by atoms with Crippen LogP contribution >= 0.6 is 0 Å². The number of allylic oxidation sites excluding steroid dienone is 11. The van der Waals surface area contributed by atoms with E-state index in [1.165, 1.54) is 12.8 Å². The highest BCUT2D eigenvalue weighted by molar-refractivity contribution is 5.83. The van der Waals surface area contributed by atoms with E-state index in [9.17, 15) is 19.5 Å². The summed E-state index contributed by atoms with van der Waals surface area (Å²) in [6.07, 6.45) is 39.7. The van der Waals surface area contributed by atoms with Gasteiger partial charge in [-0.2, -0.15) is 0 Å². The summed E-state index contributed by atoms with van der Waals surface area (Å²) < 4.78 is 5.81. The summed E-state index contributed by atoms with van der Waals surface area (Å²) in [5, 5.41) is 11.9. The lowest BCUT2D eigenvalue weighted by molar-refractivity contribution is -0.147. The van der Waals surface area contributed by atoms with Crippen molar-refractivity contribution in [1.29, 1.82) is 0 Å². The first kappa shape index (κ1) is 41.8. The molecule has 0 aliphatic carbocycles. The first-order valence-corrected chi connectivity index (χ1v) is 17.3. The molecule has 4 N–H and O–H groups in total. The fourth-order valence-corrected chi connectivity index (χ4v) is 4.40. The molecule has 0 aliphatic rings. The highest BCUT2D eigenvalue weighted by atomic mass is 16.5. The molecule has 0 rings (SSSR count). The number of carbonyl (C=O) groups excluding carboxylic acids is 2. The summed E-state index contributed by atoms with van der Waals surface area (Å²) in [5.41, 5.74) is 5.46. The number of carboxylic acids is 1. The average Bonchev–Trinajstić information content (AvgIpc) is 3.02. The second kappa shape index (κ2) is 32.2. The van der Waals surface area contributed by atoms with E-state index < -0.39 is 12.0 Å². The van der Waals surface area contributed by atoms with Crippen LogP contribution in [0.3, 0.4) is 0 Å². The fourth-order valence-electron chi connectivity index (χ4n) is 4.40. The number of esters is 1. The topological polar surface area (TPSA) is 119 Å². The number of unbranched alkanes of at least 4 members (excludes halogenated alkanes) is 5. The van der Waals surface area contributed by atoms with Gasteiger partial charge in [0.15, 0.2) is 0 Å². The number of nitrogens with two attached hydrogens (primary N) is 1. The summed E-state index contributed by atoms with van der Waals surface area (Å²) in [5.74, 6) is -1.46. The third-order valence-corrected chi connectivity index (χ3v) is 7.00. The fraction of sp³-hybridized carbons (Fsp3) is 0.605. The molecule has 1 amide bonds. The Kier molecular flexibility index (Phi) is 29.9. The van der Waals surface area contributed by atoms with E-state index >= 15 is 0 Å². The van der Waals surface area contributed by atoms with Crippen molar-refractivity contribution in [2.45, 2.75) is 142 Å². The molecule has 0 heterocycles. The van der Waals surface area contributed by atoms with Crippen LogP contribution in [-0.2, 0) is 19.1 Å². The second-order valence-corrected chi connectivity index (χ2v) is 11.2. The van der Waals surface area contributed by atoms with Crippen molar-refractivity contribution in [3.63, 3.8) is 0 Å². The zero-order valence-electron chi connectivity index (χ0n) is 28.2. The van der Waals surface area contributed by atoms with Crippen LogP contribution in [0, 0.1) is 0 Å². The molecule has 0 saturated heterocycles. The van der Waals surface area contributed by atoms with Crippen molar-refractivity contribution < 1.29 is 24.2 Å². The summed E-state index contributed by atoms with van der Waals surface area (Å²) in [7, 11) is 0. The van der Waals surface area contributed by atoms with Gasteiger partial charge in [-0.15, -0.1) is 0 Å². The van der Waals surface area contributed by atoms with Crippen LogP contribution in [0.15, 0.2) is 72.9 Å². The number of hydrogen-bond acceptors (Lipinski definition) is 5. The van der Waals surface area contributed by atoms with Crippen molar-refractivity contribution >= 4 is 17.8 Å². The number of hydrogen-bond donors (Lipinski definition) is 3. The van der Waals surface area contributed by atoms with Crippen LogP contribution in [0.1, 0.15) is 129 Å². The quantitative estimate of drug-likeness (QED) is 0.0434. The smallest absolute Gasteiger partial charge is 0.326 e. The largest absolute Gasteiger partial charge is 0.480 e. The van der Waals surface area contributed by atoms with Gasteiger partial charge in [0, 0.05) is 12.8 Å². The zero-order valence-corrected chi connectivity index (χ0v) is 28.2. The molecule has 7 heteroatoms. The lowest BCUT2D eigenvalue weighted by atomic mass is 10.1. The van der Waals surface area contributed by atoms with Gasteiger partial charge in [-0.3, -0.25) is 9.59 Å². The summed E-state index contributed by atoms with van der Waals surface area (Å²) in [4.78, 5) is 36.0. The maximum absolute atomic E-state index is 12.6. The van der Waals surface area contributed by atoms with Gasteiger partial charge in [0.1, 0.15) is 12.1 Å². The van der Waals surface area contributed by atoms with Gasteiger partial charge in [-0.25, -0.2) is 4.79 Å². The van der Waals surface area contributed by atoms with E-state index in [1.807, 2.05) is 12.2 Å². The molecule has 0 bridgehead atoms. The van der Waals surface area contributed by atoms with Crippen molar-refractivity contribution in [3.05, 3.63) is 72.9 Å². The number of nitrogens with one attached hydrogen (secondary N) is 1. The Hall–Kier alpha value is -3.19. The first-order valence-electron chi connectivity index (χ1n) is 17.3. The Labute approximate surface area is 273 Å². The average molecular weight is 627 g/mol. The van der Waals surface area contributed by atoms with Crippen LogP contribution in [0.4, 0.5) is 0 Å². The Balaban J connectivity index is 4.51. The SMILES string of the molecule is CC/C=C\C/C=C\C/C=C\C/C=C\CCC(=O)OC(/C=C\C/C=C\CCCC)CCCCCCC(=O)NC(CCCN)C(=O)O. The van der Waals surface area contributed by atoms with E-state index in [-0.39, 0.29) is 18.0 Å². The van der Waals surface area contributed by atoms with Crippen molar-refractivity contribution in [3.8, 4) is 0 Å². The molecule has 0 aromatic rings. The molecular weight excluding hydrogens is 564 g/mol. The van der Waals surface area contributed by atoms with Crippen LogP contribution in [-0.4, -0.2) is 41.6 Å². The van der Waals surface area contributed by atoms with E-state index in [4.69, 9.17) is 10.5 Å². The summed E-state index contributed by atoms with van der Waals surface area (Å²) in [6, 6.07) is -0.882. The highest BCUT2D eigenvalue weighted by Crippen LogP contribution is 2.13. The molecule has 0 aromatic heterocycles. The van der Waals surface area contributed by atoms with Gasteiger partial charge in [0.2, 0.25) is 5.91 Å². The lowest BCUT2D eigenvalue weighted by Crippen LogP contribution is -2.40. The van der Waals surface area contributed by atoms with Gasteiger partial charge >= 0.3 is 11.9 Å². The van der Waals surface area contributed by atoms with E-state index in [0.717, 1.165) is 64.2 Å². The van der Waals surface area contributed by atoms with E-state index in [2.05, 4.69) is 79.9 Å². The number of ether oxygens (including phenoxy) is 1. The van der Waals surface area contributed by atoms with Crippen molar-refractivity contribution in [2.75, 3.05) is 6.54 Å². The molecule has 0 radical (unpaired) electrons. The van der Waals surface area contributed by atoms with E-state index in [1.54, 1.807) is 0 Å². The molecule has 254 valence electrons. The van der Waals surface area contributed by atoms with Crippen LogP contribution in [0.2, 0.25) is 0 Å². The zero-order chi connectivity index (χ0) is 33.2. The lowest BCUT2D eigenvalue weighted by Gasteiger charge is -2.15. The number of aliphatic carboxylic acids is 1. The third kappa shape index (κ3) is 29.3. The van der Waals surface area contributed by atoms with Gasteiger partial charge in [0.25, 0.3) is 0 Å². The number of carboxylic acid groups (broad SMARTS) is 1. The van der Waals surface area contributed by atoms with Gasteiger partial charge in [-0.1, -0.05) is 106 Å². The van der Waals surface area contributed by atoms with Gasteiger partial charge in [-0.05, 0) is 89.7 Å². The molecule has 0 aromatic carbocycles. The molecule has 2 unspecified atom stereocenters. The summed E-state index contributed by atoms with van der Waals surface area (Å²) >= 11 is 0. The maximum Gasteiger partial charge on any atom is 0.326 e. The number of amides is 1. The van der Waals surface area contributed by atoms with Crippen LogP contribution in [0.5, 0.6) is 0 Å². The third-order valence-electron chi connectivity index (χ3n) is 7.00. The summed E-state index contributed by atoms with van der Waals surface area (Å²) in [6.45, 7) is 4.71. The normalized spacial score (nSPS) is 13.7. The minimum absolute atomic E-state index is 0.190. The Morgan fingerprint density at radius 2 is 1.29 bits per heavy atom. The number of rotatable bonds is 29. The highest BCUT2D eigenvalue weighted by Gasteiger charge is 2.18. The molecule has 0 saturated carbocycles. The molecule has 0 spiro atoms. The van der Waals surface area contributed by atoms with Gasteiger partial charge in [0.05, 0.1) is 0 Å². The maximum atomic E-state index is 12.6. The van der Waals surface area contributed by atoms with Gasteiger partial charge < -0.3 is 20.9 Å². The Morgan fingerprint density at radius 3 is 1.91 bits per heavy atom. The second-order valence-electron chi connectivity index (χ2n) is 11.2. The van der Waals surface area contributed by atoms with Crippen molar-refractivity contribution in [1.82, 2.24) is 5.32 Å². The predicted molar refractivity (Wildman–Crippen MR) is 188 cm³/mol. The molecule has 45 heavy (non-hydrogen) atoms. The van der Waals surface area contributed by atoms with Crippen molar-refractivity contribution in [2.24, 2.45) is 5.73 Å². The minimum Gasteiger partial charge on any atom is -0.480 e. The molecule has 0 aliphatic heterocycles. The van der Waals surface area contributed by atoms with Crippen LogP contribution < -0.4 is 11.1 Å². The number of carbonyl (C=O) groups is 3. The predicted octanol–water partition coefficient (Wildman–Crippen LogP) is 8.83. The molecule has 7 nitrogen and oxygen atoms in total.